The monoisotopic (exact) mass is 387 g/mol. The third-order valence-corrected chi connectivity index (χ3v) is 4.16. The van der Waals surface area contributed by atoms with Crippen LogP contribution in [0.4, 0.5) is 11.4 Å². The van der Waals surface area contributed by atoms with Gasteiger partial charge in [0.25, 0.3) is 11.6 Å². The summed E-state index contributed by atoms with van der Waals surface area (Å²) in [6, 6.07) is 10.5. The average molecular weight is 388 g/mol. The number of fused-ring (bicyclic) bond motifs is 1. The molecule has 2 N–H and O–H groups in total. The summed E-state index contributed by atoms with van der Waals surface area (Å²) in [7, 11) is 0. The van der Waals surface area contributed by atoms with Gasteiger partial charge in [-0.25, -0.2) is 4.79 Å². The van der Waals surface area contributed by atoms with Gasteiger partial charge in [-0.15, -0.1) is 0 Å². The van der Waals surface area contributed by atoms with Gasteiger partial charge in [0.1, 0.15) is 5.69 Å². The summed E-state index contributed by atoms with van der Waals surface area (Å²) in [5.41, 5.74) is 0.575. The van der Waals surface area contributed by atoms with Crippen molar-refractivity contribution in [2.24, 2.45) is 0 Å². The highest BCUT2D eigenvalue weighted by Gasteiger charge is 2.23. The molecule has 3 aromatic rings. The van der Waals surface area contributed by atoms with E-state index in [1.54, 1.807) is 31.2 Å². The number of benzene rings is 2. The van der Waals surface area contributed by atoms with E-state index in [9.17, 15) is 19.7 Å². The number of hydrogen-bond donors (Lipinski definition) is 2. The van der Waals surface area contributed by atoms with Crippen molar-refractivity contribution in [2.45, 2.75) is 6.92 Å². The summed E-state index contributed by atoms with van der Waals surface area (Å²) in [5, 5.41) is 14.2. The topological polar surface area (TPSA) is 114 Å². The molecule has 0 aliphatic carbocycles. The van der Waals surface area contributed by atoms with E-state index in [0.29, 0.717) is 10.9 Å². The zero-order valence-electron chi connectivity index (χ0n) is 14.1. The van der Waals surface area contributed by atoms with Gasteiger partial charge in [0.05, 0.1) is 27.8 Å². The third-order valence-electron chi connectivity index (χ3n) is 3.83. The van der Waals surface area contributed by atoms with Gasteiger partial charge in [-0.2, -0.15) is 0 Å². The second-order valence-electron chi connectivity index (χ2n) is 5.52. The quantitative estimate of drug-likeness (QED) is 0.387. The molecule has 2 aromatic carbocycles. The van der Waals surface area contributed by atoms with E-state index in [1.165, 1.54) is 12.1 Å². The number of nitrogens with zero attached hydrogens (tertiary/aromatic N) is 1. The molecule has 1 heterocycles. The van der Waals surface area contributed by atoms with Crippen LogP contribution in [0.1, 0.15) is 27.8 Å². The van der Waals surface area contributed by atoms with Crippen LogP contribution in [0.3, 0.4) is 0 Å². The number of nitro groups is 1. The van der Waals surface area contributed by atoms with Crippen LogP contribution in [0.25, 0.3) is 10.9 Å². The molecular weight excluding hydrogens is 374 g/mol. The fourth-order valence-corrected chi connectivity index (χ4v) is 2.81. The molecule has 9 heteroatoms. The van der Waals surface area contributed by atoms with Gasteiger partial charge in [-0.1, -0.05) is 29.8 Å². The summed E-state index contributed by atoms with van der Waals surface area (Å²) < 4.78 is 5.02. The summed E-state index contributed by atoms with van der Waals surface area (Å²) in [5.74, 6) is -1.31. The highest BCUT2D eigenvalue weighted by molar-refractivity contribution is 6.34. The highest BCUT2D eigenvalue weighted by Crippen LogP contribution is 2.30. The average Bonchev–Trinajstić information content (AvgIpc) is 3.00. The Hall–Kier alpha value is -3.39. The van der Waals surface area contributed by atoms with Gasteiger partial charge in [-0.3, -0.25) is 14.9 Å². The summed E-state index contributed by atoms with van der Waals surface area (Å²) in [6.07, 6.45) is 0. The van der Waals surface area contributed by atoms with Crippen molar-refractivity contribution in [1.82, 2.24) is 4.98 Å². The summed E-state index contributed by atoms with van der Waals surface area (Å²) in [6.45, 7) is 1.83. The van der Waals surface area contributed by atoms with Crippen LogP contribution >= 0.6 is 11.6 Å². The lowest BCUT2D eigenvalue weighted by atomic mass is 10.1. The van der Waals surface area contributed by atoms with Gasteiger partial charge in [0.2, 0.25) is 0 Å². The maximum atomic E-state index is 12.7. The molecule has 0 atom stereocenters. The van der Waals surface area contributed by atoms with Gasteiger partial charge < -0.3 is 15.0 Å². The molecule has 0 unspecified atom stereocenters. The molecule has 8 nitrogen and oxygen atoms in total. The number of aromatic nitrogens is 1. The Bertz CT molecular complexity index is 1060. The molecule has 0 saturated carbocycles. The number of aromatic amines is 1. The van der Waals surface area contributed by atoms with Gasteiger partial charge >= 0.3 is 5.97 Å². The zero-order valence-corrected chi connectivity index (χ0v) is 14.9. The molecule has 27 heavy (non-hydrogen) atoms. The molecule has 0 fully saturated rings. The lowest BCUT2D eigenvalue weighted by molar-refractivity contribution is -0.384. The van der Waals surface area contributed by atoms with Gasteiger partial charge in [0, 0.05) is 23.0 Å². The lowest BCUT2D eigenvalue weighted by Gasteiger charge is -2.08. The van der Waals surface area contributed by atoms with Crippen molar-refractivity contribution < 1.29 is 19.2 Å². The van der Waals surface area contributed by atoms with Crippen molar-refractivity contribution in [2.75, 3.05) is 11.9 Å². The predicted octanol–water partition coefficient (Wildman–Crippen LogP) is 4.16. The van der Waals surface area contributed by atoms with E-state index in [2.05, 4.69) is 10.3 Å². The molecular formula is C18H14ClN3O5. The Morgan fingerprint density at radius 1 is 1.26 bits per heavy atom. The van der Waals surface area contributed by atoms with E-state index in [4.69, 9.17) is 16.3 Å². The first-order chi connectivity index (χ1) is 12.9. The predicted molar refractivity (Wildman–Crippen MR) is 100 cm³/mol. The number of halogens is 1. The molecule has 1 aromatic heterocycles. The second-order valence-corrected chi connectivity index (χ2v) is 5.92. The molecule has 3 rings (SSSR count). The fraction of sp³-hybridized carbons (Fsp3) is 0.111. The number of esters is 1. The molecule has 0 bridgehead atoms. The third kappa shape index (κ3) is 3.61. The molecule has 0 spiro atoms. The van der Waals surface area contributed by atoms with Gasteiger partial charge in [-0.05, 0) is 19.1 Å². The van der Waals surface area contributed by atoms with Crippen molar-refractivity contribution in [3.05, 3.63) is 68.9 Å². The first-order valence-corrected chi connectivity index (χ1v) is 8.33. The number of H-pyrrole nitrogens is 1. The van der Waals surface area contributed by atoms with Crippen LogP contribution in [0.15, 0.2) is 42.5 Å². The highest BCUT2D eigenvalue weighted by atomic mass is 35.5. The Labute approximate surface area is 158 Å². The number of non-ortho nitro benzene ring substituents is 1. The summed E-state index contributed by atoms with van der Waals surface area (Å²) in [4.78, 5) is 38.2. The Balaban J connectivity index is 2.05. The number of amides is 1. The number of ether oxygens (including phenoxy) is 1. The van der Waals surface area contributed by atoms with Crippen LogP contribution in [-0.4, -0.2) is 28.4 Å². The smallest absolute Gasteiger partial charge is 0.356 e. The molecule has 1 amide bonds. The van der Waals surface area contributed by atoms with E-state index in [0.717, 1.165) is 6.07 Å². The normalized spacial score (nSPS) is 10.6. The van der Waals surface area contributed by atoms with E-state index < -0.39 is 16.8 Å². The van der Waals surface area contributed by atoms with Crippen molar-refractivity contribution in [3.63, 3.8) is 0 Å². The van der Waals surface area contributed by atoms with Crippen LogP contribution < -0.4 is 5.32 Å². The van der Waals surface area contributed by atoms with Crippen molar-refractivity contribution >= 4 is 45.8 Å². The number of carbonyl (C=O) groups excluding carboxylic acids is 2. The Kier molecular flexibility index (Phi) is 5.09. The Morgan fingerprint density at radius 2 is 2.00 bits per heavy atom. The largest absolute Gasteiger partial charge is 0.461 e. The molecule has 138 valence electrons. The number of nitrogens with one attached hydrogen (secondary N) is 2. The minimum atomic E-state index is -0.681. The van der Waals surface area contributed by atoms with Crippen molar-refractivity contribution in [3.8, 4) is 0 Å². The summed E-state index contributed by atoms with van der Waals surface area (Å²) >= 11 is 6.02. The Morgan fingerprint density at radius 3 is 2.70 bits per heavy atom. The number of anilines is 1. The zero-order chi connectivity index (χ0) is 19.6. The first-order valence-electron chi connectivity index (χ1n) is 7.95. The second kappa shape index (κ2) is 7.46. The number of nitro benzene ring substituents is 1. The maximum Gasteiger partial charge on any atom is 0.356 e. The van der Waals surface area contributed by atoms with Crippen LogP contribution in [0, 0.1) is 10.1 Å². The van der Waals surface area contributed by atoms with Crippen LogP contribution in [0.5, 0.6) is 0 Å². The van der Waals surface area contributed by atoms with E-state index in [-0.39, 0.29) is 34.3 Å². The lowest BCUT2D eigenvalue weighted by Crippen LogP contribution is -2.16. The first kappa shape index (κ1) is 18.4. The molecule has 0 aliphatic heterocycles. The molecule has 0 radical (unpaired) electrons. The van der Waals surface area contributed by atoms with Gasteiger partial charge in [0.15, 0.2) is 0 Å². The molecule has 0 aliphatic rings. The standard InChI is InChI=1S/C18H14ClN3O5/c1-2-27-18(24)16-15(11-5-3-4-6-14(11)20-16)21-17(23)12-9-10(22(25)26)7-8-13(12)19/h3-9,20H,2H2,1H3,(H,21,23). The van der Waals surface area contributed by atoms with Crippen LogP contribution in [0.2, 0.25) is 5.02 Å². The van der Waals surface area contributed by atoms with E-state index in [1.807, 2.05) is 0 Å². The van der Waals surface area contributed by atoms with Crippen molar-refractivity contribution in [1.29, 1.82) is 0 Å². The number of para-hydroxylation sites is 1. The fourth-order valence-electron chi connectivity index (χ4n) is 2.61. The van der Waals surface area contributed by atoms with Crippen LogP contribution in [-0.2, 0) is 4.74 Å². The number of carbonyl (C=O) groups is 2. The number of hydrogen-bond acceptors (Lipinski definition) is 5. The number of rotatable bonds is 5. The SMILES string of the molecule is CCOC(=O)c1[nH]c2ccccc2c1NC(=O)c1cc([N+](=O)[O-])ccc1Cl. The minimum absolute atomic E-state index is 0.0515. The minimum Gasteiger partial charge on any atom is -0.461 e. The van der Waals surface area contributed by atoms with E-state index >= 15 is 0 Å². The maximum absolute atomic E-state index is 12.7. The molecule has 0 saturated heterocycles.